The standard InChI is InChI=1S/C20H22FN3O3/c21-13-4-3-5-15(11-13)24-17-7-2-1-6-16(17)18(23-24)19(25)22-14-9-8-12(10-14)20(26)27/h3-5,11-12,14H,1-2,6-10H2,(H,22,25)(H,26,27)/t12-,14+/m0/s1. The van der Waals surface area contributed by atoms with Crippen LogP contribution < -0.4 is 5.32 Å². The highest BCUT2D eigenvalue weighted by Gasteiger charge is 2.32. The normalized spacial score (nSPS) is 21.7. The Bertz CT molecular complexity index is 893. The summed E-state index contributed by atoms with van der Waals surface area (Å²) in [6, 6.07) is 6.06. The molecule has 2 aliphatic rings. The van der Waals surface area contributed by atoms with Crippen molar-refractivity contribution in [3.63, 3.8) is 0 Å². The van der Waals surface area contributed by atoms with Crippen LogP contribution in [0.1, 0.15) is 53.8 Å². The Hall–Kier alpha value is -2.70. The molecule has 1 fully saturated rings. The van der Waals surface area contributed by atoms with Crippen molar-refractivity contribution in [3.8, 4) is 5.69 Å². The third kappa shape index (κ3) is 3.46. The van der Waals surface area contributed by atoms with E-state index >= 15 is 0 Å². The van der Waals surface area contributed by atoms with E-state index in [0.717, 1.165) is 36.9 Å². The van der Waals surface area contributed by atoms with E-state index in [4.69, 9.17) is 5.11 Å². The number of hydrogen-bond acceptors (Lipinski definition) is 3. The van der Waals surface area contributed by atoms with Crippen LogP contribution in [0.4, 0.5) is 4.39 Å². The van der Waals surface area contributed by atoms with Gasteiger partial charge in [0.15, 0.2) is 5.69 Å². The molecule has 0 unspecified atom stereocenters. The van der Waals surface area contributed by atoms with Gasteiger partial charge in [-0.25, -0.2) is 9.07 Å². The fourth-order valence-electron chi connectivity index (χ4n) is 4.19. The number of benzene rings is 1. The summed E-state index contributed by atoms with van der Waals surface area (Å²) in [6.07, 6.45) is 5.27. The van der Waals surface area contributed by atoms with Crippen molar-refractivity contribution >= 4 is 11.9 Å². The van der Waals surface area contributed by atoms with Gasteiger partial charge in [-0.1, -0.05) is 6.07 Å². The number of rotatable bonds is 4. The third-order valence-electron chi connectivity index (χ3n) is 5.57. The van der Waals surface area contributed by atoms with Crippen LogP contribution in [0.25, 0.3) is 5.69 Å². The van der Waals surface area contributed by atoms with Crippen LogP contribution in [0.15, 0.2) is 24.3 Å². The Kier molecular flexibility index (Phi) is 4.68. The van der Waals surface area contributed by atoms with Crippen molar-refractivity contribution < 1.29 is 19.1 Å². The lowest BCUT2D eigenvalue weighted by atomic mass is 9.95. The third-order valence-corrected chi connectivity index (χ3v) is 5.57. The first-order valence-corrected chi connectivity index (χ1v) is 9.43. The van der Waals surface area contributed by atoms with E-state index in [1.165, 1.54) is 12.1 Å². The number of hydrogen-bond donors (Lipinski definition) is 2. The summed E-state index contributed by atoms with van der Waals surface area (Å²) < 4.78 is 15.3. The molecule has 2 aliphatic carbocycles. The maximum atomic E-state index is 13.7. The molecule has 1 aromatic carbocycles. The number of amides is 1. The number of halogens is 1. The summed E-state index contributed by atoms with van der Waals surface area (Å²) in [5.41, 5.74) is 2.88. The lowest BCUT2D eigenvalue weighted by molar-refractivity contribution is -0.141. The van der Waals surface area contributed by atoms with Gasteiger partial charge < -0.3 is 10.4 Å². The molecule has 27 heavy (non-hydrogen) atoms. The van der Waals surface area contributed by atoms with Gasteiger partial charge in [0.05, 0.1) is 11.6 Å². The van der Waals surface area contributed by atoms with Crippen molar-refractivity contribution in [2.75, 3.05) is 0 Å². The average Bonchev–Trinajstić information content (AvgIpc) is 3.26. The predicted octanol–water partition coefficient (Wildman–Crippen LogP) is 2.87. The smallest absolute Gasteiger partial charge is 0.306 e. The zero-order valence-corrected chi connectivity index (χ0v) is 14.9. The molecule has 6 nitrogen and oxygen atoms in total. The first kappa shape index (κ1) is 17.7. The minimum absolute atomic E-state index is 0.142. The molecule has 0 spiro atoms. The number of carbonyl (C=O) groups is 2. The minimum Gasteiger partial charge on any atom is -0.481 e. The van der Waals surface area contributed by atoms with E-state index in [9.17, 15) is 14.0 Å². The first-order chi connectivity index (χ1) is 13.0. The van der Waals surface area contributed by atoms with Gasteiger partial charge >= 0.3 is 5.97 Å². The molecule has 0 aliphatic heterocycles. The number of carbonyl (C=O) groups excluding carboxylic acids is 1. The van der Waals surface area contributed by atoms with Crippen LogP contribution in [-0.2, 0) is 17.6 Å². The Morgan fingerprint density at radius 3 is 2.78 bits per heavy atom. The average molecular weight is 371 g/mol. The zero-order valence-electron chi connectivity index (χ0n) is 14.9. The lowest BCUT2D eigenvalue weighted by Crippen LogP contribution is -2.34. The molecule has 2 aromatic rings. The van der Waals surface area contributed by atoms with Gasteiger partial charge in [0.25, 0.3) is 5.91 Å². The second kappa shape index (κ2) is 7.13. The number of carboxylic acids is 1. The SMILES string of the molecule is O=C(N[C@@H]1CC[C@H](C(=O)O)C1)c1nn(-c2cccc(F)c2)c2c1CCCC2. The number of aromatic nitrogens is 2. The molecule has 1 amide bonds. The molecule has 1 heterocycles. The molecular formula is C20H22FN3O3. The van der Waals surface area contributed by atoms with E-state index in [-0.39, 0.29) is 17.8 Å². The molecule has 142 valence electrons. The second-order valence-corrected chi connectivity index (χ2v) is 7.39. The molecule has 1 aromatic heterocycles. The van der Waals surface area contributed by atoms with Crippen LogP contribution in [0.3, 0.4) is 0 Å². The highest BCUT2D eigenvalue weighted by atomic mass is 19.1. The van der Waals surface area contributed by atoms with Crippen LogP contribution in [0.5, 0.6) is 0 Å². The minimum atomic E-state index is -0.806. The van der Waals surface area contributed by atoms with Gasteiger partial charge in [-0.3, -0.25) is 9.59 Å². The Balaban J connectivity index is 1.61. The number of carboxylic acid groups (broad SMARTS) is 1. The summed E-state index contributed by atoms with van der Waals surface area (Å²) in [5, 5.41) is 16.6. The van der Waals surface area contributed by atoms with E-state index in [0.29, 0.717) is 30.6 Å². The van der Waals surface area contributed by atoms with Crippen molar-refractivity contribution in [2.24, 2.45) is 5.92 Å². The molecule has 7 heteroatoms. The number of fused-ring (bicyclic) bond motifs is 1. The van der Waals surface area contributed by atoms with Crippen LogP contribution in [0, 0.1) is 11.7 Å². The molecule has 0 saturated heterocycles. The fourth-order valence-corrected chi connectivity index (χ4v) is 4.19. The van der Waals surface area contributed by atoms with Crippen LogP contribution in [0.2, 0.25) is 0 Å². The van der Waals surface area contributed by atoms with E-state index in [2.05, 4.69) is 10.4 Å². The second-order valence-electron chi connectivity index (χ2n) is 7.39. The Morgan fingerprint density at radius 2 is 2.04 bits per heavy atom. The van der Waals surface area contributed by atoms with Gasteiger partial charge in [0.1, 0.15) is 5.82 Å². The summed E-state index contributed by atoms with van der Waals surface area (Å²) in [4.78, 5) is 24.0. The topological polar surface area (TPSA) is 84.2 Å². The summed E-state index contributed by atoms with van der Waals surface area (Å²) in [5.74, 6) is -1.81. The largest absolute Gasteiger partial charge is 0.481 e. The summed E-state index contributed by atoms with van der Waals surface area (Å²) in [7, 11) is 0. The zero-order chi connectivity index (χ0) is 19.0. The molecule has 4 rings (SSSR count). The Labute approximate surface area is 156 Å². The van der Waals surface area contributed by atoms with Crippen molar-refractivity contribution in [2.45, 2.75) is 51.0 Å². The highest BCUT2D eigenvalue weighted by Crippen LogP contribution is 2.29. The quantitative estimate of drug-likeness (QED) is 0.866. The highest BCUT2D eigenvalue weighted by molar-refractivity contribution is 5.94. The van der Waals surface area contributed by atoms with Gasteiger partial charge in [0.2, 0.25) is 0 Å². The molecule has 0 radical (unpaired) electrons. The van der Waals surface area contributed by atoms with Crippen LogP contribution in [-0.4, -0.2) is 32.8 Å². The van der Waals surface area contributed by atoms with Crippen molar-refractivity contribution in [3.05, 3.63) is 47.0 Å². The van der Waals surface area contributed by atoms with Gasteiger partial charge in [0, 0.05) is 17.3 Å². The molecule has 1 saturated carbocycles. The van der Waals surface area contributed by atoms with E-state index < -0.39 is 11.9 Å². The predicted molar refractivity (Wildman–Crippen MR) is 96.4 cm³/mol. The van der Waals surface area contributed by atoms with Gasteiger partial charge in [-0.15, -0.1) is 0 Å². The molecular weight excluding hydrogens is 349 g/mol. The summed E-state index contributed by atoms with van der Waals surface area (Å²) >= 11 is 0. The molecule has 2 atom stereocenters. The number of nitrogens with one attached hydrogen (secondary N) is 1. The first-order valence-electron chi connectivity index (χ1n) is 9.43. The van der Waals surface area contributed by atoms with Crippen molar-refractivity contribution in [1.29, 1.82) is 0 Å². The molecule has 2 N–H and O–H groups in total. The van der Waals surface area contributed by atoms with E-state index in [1.54, 1.807) is 16.8 Å². The maximum Gasteiger partial charge on any atom is 0.306 e. The number of aliphatic carboxylic acids is 1. The molecule has 0 bridgehead atoms. The van der Waals surface area contributed by atoms with Gasteiger partial charge in [-0.2, -0.15) is 5.10 Å². The Morgan fingerprint density at radius 1 is 1.22 bits per heavy atom. The monoisotopic (exact) mass is 371 g/mol. The maximum absolute atomic E-state index is 13.7. The lowest BCUT2D eigenvalue weighted by Gasteiger charge is -2.15. The van der Waals surface area contributed by atoms with E-state index in [1.807, 2.05) is 0 Å². The summed E-state index contributed by atoms with van der Waals surface area (Å²) in [6.45, 7) is 0. The van der Waals surface area contributed by atoms with Crippen LogP contribution >= 0.6 is 0 Å². The van der Waals surface area contributed by atoms with Gasteiger partial charge in [-0.05, 0) is 63.1 Å². The van der Waals surface area contributed by atoms with Crippen molar-refractivity contribution in [1.82, 2.24) is 15.1 Å². The fraction of sp³-hybridized carbons (Fsp3) is 0.450. The number of nitrogens with zero attached hydrogens (tertiary/aromatic N) is 2.